The number of methoxy groups -OCH3 is 2. The SMILES string of the molecule is COCC(=O)CC(=O)C(C)(C)OC. The molecule has 0 aromatic rings. The van der Waals surface area contributed by atoms with Crippen LogP contribution in [0.25, 0.3) is 0 Å². The van der Waals surface area contributed by atoms with E-state index in [0.29, 0.717) is 0 Å². The Morgan fingerprint density at radius 2 is 1.77 bits per heavy atom. The van der Waals surface area contributed by atoms with Crippen molar-refractivity contribution >= 4 is 11.6 Å². The van der Waals surface area contributed by atoms with Gasteiger partial charge in [0.2, 0.25) is 0 Å². The van der Waals surface area contributed by atoms with Crippen molar-refractivity contribution in [3.63, 3.8) is 0 Å². The molecule has 4 nitrogen and oxygen atoms in total. The summed E-state index contributed by atoms with van der Waals surface area (Å²) in [5, 5.41) is 0. The molecular weight excluding hydrogens is 172 g/mol. The standard InChI is InChI=1S/C9H16O4/c1-9(2,13-4)8(11)5-7(10)6-12-3/h5-6H2,1-4H3. The summed E-state index contributed by atoms with van der Waals surface area (Å²) in [6, 6.07) is 0. The minimum absolute atomic E-state index is 0.0223. The van der Waals surface area contributed by atoms with Crippen LogP contribution in [0, 0.1) is 0 Å². The number of carbonyl (C=O) groups is 2. The van der Waals surface area contributed by atoms with Crippen molar-refractivity contribution in [3.05, 3.63) is 0 Å². The molecule has 0 atom stereocenters. The summed E-state index contributed by atoms with van der Waals surface area (Å²) in [5.74, 6) is -0.449. The predicted molar refractivity (Wildman–Crippen MR) is 47.6 cm³/mol. The molecule has 0 rings (SSSR count). The van der Waals surface area contributed by atoms with Gasteiger partial charge in [-0.1, -0.05) is 0 Å². The molecule has 0 saturated heterocycles. The molecule has 76 valence electrons. The number of ketones is 2. The molecule has 13 heavy (non-hydrogen) atoms. The zero-order valence-corrected chi connectivity index (χ0v) is 8.55. The van der Waals surface area contributed by atoms with Gasteiger partial charge in [-0.25, -0.2) is 0 Å². The van der Waals surface area contributed by atoms with Gasteiger partial charge in [-0.3, -0.25) is 9.59 Å². The Morgan fingerprint density at radius 1 is 1.23 bits per heavy atom. The van der Waals surface area contributed by atoms with Gasteiger partial charge in [0, 0.05) is 14.2 Å². The van der Waals surface area contributed by atoms with Gasteiger partial charge < -0.3 is 9.47 Å². The molecule has 0 aliphatic rings. The molecule has 0 aromatic heterocycles. The second-order valence-corrected chi connectivity index (χ2v) is 3.29. The van der Waals surface area contributed by atoms with Crippen LogP contribution < -0.4 is 0 Å². The highest BCUT2D eigenvalue weighted by molar-refractivity contribution is 6.03. The van der Waals surface area contributed by atoms with Crippen molar-refractivity contribution in [1.29, 1.82) is 0 Å². The first kappa shape index (κ1) is 12.3. The highest BCUT2D eigenvalue weighted by Crippen LogP contribution is 2.11. The lowest BCUT2D eigenvalue weighted by molar-refractivity contribution is -0.141. The highest BCUT2D eigenvalue weighted by Gasteiger charge is 2.28. The average molecular weight is 188 g/mol. The lowest BCUT2D eigenvalue weighted by atomic mass is 9.99. The molecule has 0 spiro atoms. The Balaban J connectivity index is 4.07. The molecule has 0 radical (unpaired) electrons. The minimum atomic E-state index is -0.886. The van der Waals surface area contributed by atoms with Crippen molar-refractivity contribution in [3.8, 4) is 0 Å². The van der Waals surface area contributed by atoms with Crippen LogP contribution in [0.1, 0.15) is 20.3 Å². The molecule has 0 unspecified atom stereocenters. The molecule has 4 heteroatoms. The molecule has 0 aliphatic carbocycles. The van der Waals surface area contributed by atoms with Crippen molar-refractivity contribution in [1.82, 2.24) is 0 Å². The number of ether oxygens (including phenoxy) is 2. The smallest absolute Gasteiger partial charge is 0.171 e. The summed E-state index contributed by atoms with van der Waals surface area (Å²) < 4.78 is 9.54. The van der Waals surface area contributed by atoms with Crippen LogP contribution in [-0.2, 0) is 19.1 Å². The monoisotopic (exact) mass is 188 g/mol. The third kappa shape index (κ3) is 4.15. The van der Waals surface area contributed by atoms with Crippen LogP contribution in [0.2, 0.25) is 0 Å². The van der Waals surface area contributed by atoms with Crippen LogP contribution in [0.3, 0.4) is 0 Å². The molecule has 0 bridgehead atoms. The number of rotatable bonds is 6. The zero-order chi connectivity index (χ0) is 10.5. The zero-order valence-electron chi connectivity index (χ0n) is 8.55. The van der Waals surface area contributed by atoms with E-state index in [1.165, 1.54) is 14.2 Å². The summed E-state index contributed by atoms with van der Waals surface area (Å²) in [6.07, 6.45) is -0.130. The summed E-state index contributed by atoms with van der Waals surface area (Å²) in [5.41, 5.74) is -0.886. The maximum absolute atomic E-state index is 11.4. The molecule has 0 amide bonds. The van der Waals surface area contributed by atoms with E-state index in [1.807, 2.05) is 0 Å². The second kappa shape index (κ2) is 5.09. The summed E-state index contributed by atoms with van der Waals surface area (Å²) >= 11 is 0. The molecule has 0 heterocycles. The fraction of sp³-hybridized carbons (Fsp3) is 0.778. The molecule has 0 aliphatic heterocycles. The van der Waals surface area contributed by atoms with Gasteiger partial charge in [-0.2, -0.15) is 0 Å². The minimum Gasteiger partial charge on any atom is -0.377 e. The number of Topliss-reactive ketones (excluding diaryl/α,β-unsaturated/α-hetero) is 2. The van der Waals surface area contributed by atoms with Gasteiger partial charge in [-0.15, -0.1) is 0 Å². The summed E-state index contributed by atoms with van der Waals surface area (Å²) in [6.45, 7) is 3.25. The Bertz CT molecular complexity index is 196. The third-order valence-electron chi connectivity index (χ3n) is 1.84. The van der Waals surface area contributed by atoms with E-state index in [9.17, 15) is 9.59 Å². The van der Waals surface area contributed by atoms with E-state index in [2.05, 4.69) is 4.74 Å². The Morgan fingerprint density at radius 3 is 2.15 bits per heavy atom. The maximum atomic E-state index is 11.4. The first-order valence-electron chi connectivity index (χ1n) is 4.03. The van der Waals surface area contributed by atoms with Gasteiger partial charge >= 0.3 is 0 Å². The highest BCUT2D eigenvalue weighted by atomic mass is 16.5. The topological polar surface area (TPSA) is 52.6 Å². The fourth-order valence-corrected chi connectivity index (χ4v) is 0.718. The molecule has 0 saturated carbocycles. The van der Waals surface area contributed by atoms with E-state index in [1.54, 1.807) is 13.8 Å². The maximum Gasteiger partial charge on any atom is 0.171 e. The first-order chi connectivity index (χ1) is 5.94. The van der Waals surface area contributed by atoms with Crippen LogP contribution in [0.4, 0.5) is 0 Å². The van der Waals surface area contributed by atoms with E-state index in [4.69, 9.17) is 4.74 Å². The summed E-state index contributed by atoms with van der Waals surface area (Å²) in [4.78, 5) is 22.4. The van der Waals surface area contributed by atoms with Crippen LogP contribution in [-0.4, -0.2) is 38.0 Å². The van der Waals surface area contributed by atoms with Gasteiger partial charge in [-0.05, 0) is 13.8 Å². The van der Waals surface area contributed by atoms with Crippen molar-refractivity contribution in [2.24, 2.45) is 0 Å². The Hall–Kier alpha value is -0.740. The van der Waals surface area contributed by atoms with E-state index >= 15 is 0 Å². The third-order valence-corrected chi connectivity index (χ3v) is 1.84. The van der Waals surface area contributed by atoms with Crippen LogP contribution >= 0.6 is 0 Å². The first-order valence-corrected chi connectivity index (χ1v) is 4.03. The van der Waals surface area contributed by atoms with Crippen LogP contribution in [0.15, 0.2) is 0 Å². The predicted octanol–water partition coefficient (Wildman–Crippen LogP) is 0.586. The van der Waals surface area contributed by atoms with Gasteiger partial charge in [0.1, 0.15) is 12.2 Å². The van der Waals surface area contributed by atoms with Gasteiger partial charge in [0.05, 0.1) is 6.42 Å². The largest absolute Gasteiger partial charge is 0.377 e. The van der Waals surface area contributed by atoms with E-state index in [0.717, 1.165) is 0 Å². The van der Waals surface area contributed by atoms with E-state index < -0.39 is 5.60 Å². The quantitative estimate of drug-likeness (QED) is 0.572. The van der Waals surface area contributed by atoms with E-state index in [-0.39, 0.29) is 24.6 Å². The normalized spacial score (nSPS) is 11.4. The molecular formula is C9H16O4. The number of hydrogen-bond acceptors (Lipinski definition) is 4. The lowest BCUT2D eigenvalue weighted by Crippen LogP contribution is -2.35. The Kier molecular flexibility index (Phi) is 4.80. The molecule has 0 N–H and O–H groups in total. The second-order valence-electron chi connectivity index (χ2n) is 3.29. The average Bonchev–Trinajstić information content (AvgIpc) is 2.04. The number of hydrogen-bond donors (Lipinski definition) is 0. The van der Waals surface area contributed by atoms with Crippen molar-refractivity contribution < 1.29 is 19.1 Å². The van der Waals surface area contributed by atoms with Crippen molar-refractivity contribution in [2.75, 3.05) is 20.8 Å². The van der Waals surface area contributed by atoms with Gasteiger partial charge in [0.15, 0.2) is 11.6 Å². The van der Waals surface area contributed by atoms with Gasteiger partial charge in [0.25, 0.3) is 0 Å². The van der Waals surface area contributed by atoms with Crippen LogP contribution in [0.5, 0.6) is 0 Å². The number of carbonyl (C=O) groups excluding carboxylic acids is 2. The van der Waals surface area contributed by atoms with Crippen molar-refractivity contribution in [2.45, 2.75) is 25.9 Å². The lowest BCUT2D eigenvalue weighted by Gasteiger charge is -2.20. The fourth-order valence-electron chi connectivity index (χ4n) is 0.718. The summed E-state index contributed by atoms with van der Waals surface area (Å²) in [7, 11) is 2.86. The molecule has 0 aromatic carbocycles. The molecule has 0 fully saturated rings. The Labute approximate surface area is 78.2 Å².